The van der Waals surface area contributed by atoms with Crippen LogP contribution in [0.2, 0.25) is 0 Å². The molecule has 17 heavy (non-hydrogen) atoms. The van der Waals surface area contributed by atoms with Gasteiger partial charge in [-0.25, -0.2) is 4.21 Å². The van der Waals surface area contributed by atoms with Gasteiger partial charge < -0.3 is 0 Å². The van der Waals surface area contributed by atoms with Crippen LogP contribution in [0.5, 0.6) is 0 Å². The normalized spacial score (nSPS) is 12.7. The number of benzene rings is 1. The van der Waals surface area contributed by atoms with Crippen molar-refractivity contribution in [2.75, 3.05) is 6.61 Å². The largest absolute Gasteiger partial charge is 0.274 e. The fourth-order valence-corrected chi connectivity index (χ4v) is 1.76. The lowest BCUT2D eigenvalue weighted by molar-refractivity contribution is 0.401. The lowest BCUT2D eigenvalue weighted by atomic mass is 9.98. The van der Waals surface area contributed by atoms with Crippen molar-refractivity contribution in [2.24, 2.45) is 5.41 Å². The highest BCUT2D eigenvalue weighted by Gasteiger charge is 2.04. The van der Waals surface area contributed by atoms with Crippen LogP contribution < -0.4 is 0 Å². The highest BCUT2D eigenvalue weighted by molar-refractivity contribution is 7.80. The molecule has 0 aromatic heterocycles. The van der Waals surface area contributed by atoms with E-state index in [1.165, 1.54) is 0 Å². The van der Waals surface area contributed by atoms with Gasteiger partial charge in [-0.3, -0.25) is 4.18 Å². The van der Waals surface area contributed by atoms with Gasteiger partial charge in [-0.2, -0.15) is 0 Å². The Labute approximate surface area is 106 Å². The Hall–Kier alpha value is -1.11. The van der Waals surface area contributed by atoms with E-state index >= 15 is 0 Å². The smallest absolute Gasteiger partial charge is 0.190 e. The lowest BCUT2D eigenvalue weighted by Gasteiger charge is -2.06. The molecule has 1 rings (SSSR count). The molecule has 0 heterocycles. The second-order valence-corrected chi connectivity index (χ2v) is 6.04. The molecule has 0 aliphatic carbocycles. The van der Waals surface area contributed by atoms with E-state index in [9.17, 15) is 4.21 Å². The molecule has 0 radical (unpaired) electrons. The maximum Gasteiger partial charge on any atom is 0.190 e. The van der Waals surface area contributed by atoms with Gasteiger partial charge in [0.05, 0.1) is 4.90 Å². The van der Waals surface area contributed by atoms with E-state index in [1.54, 1.807) is 0 Å². The van der Waals surface area contributed by atoms with E-state index < -0.39 is 11.1 Å². The summed E-state index contributed by atoms with van der Waals surface area (Å²) >= 11 is -1.42. The van der Waals surface area contributed by atoms with E-state index in [4.69, 9.17) is 4.18 Å². The zero-order valence-electron chi connectivity index (χ0n) is 10.7. The van der Waals surface area contributed by atoms with Crippen LogP contribution in [0.3, 0.4) is 0 Å². The van der Waals surface area contributed by atoms with Crippen LogP contribution in [0.1, 0.15) is 26.3 Å². The first-order chi connectivity index (χ1) is 7.88. The van der Waals surface area contributed by atoms with Crippen LogP contribution in [0, 0.1) is 24.2 Å². The van der Waals surface area contributed by atoms with E-state index in [0.717, 1.165) is 5.56 Å². The van der Waals surface area contributed by atoms with E-state index in [0.29, 0.717) is 4.90 Å². The van der Waals surface area contributed by atoms with Crippen LogP contribution in [-0.2, 0) is 15.3 Å². The zero-order chi connectivity index (χ0) is 12.9. The molecule has 2 nitrogen and oxygen atoms in total. The quantitative estimate of drug-likeness (QED) is 0.771. The summed E-state index contributed by atoms with van der Waals surface area (Å²) in [5, 5.41) is 0. The molecule has 0 amide bonds. The predicted molar refractivity (Wildman–Crippen MR) is 70.8 cm³/mol. The Morgan fingerprint density at radius 1 is 1.24 bits per heavy atom. The van der Waals surface area contributed by atoms with Gasteiger partial charge in [-0.1, -0.05) is 29.5 Å². The third-order valence-corrected chi connectivity index (χ3v) is 2.90. The van der Waals surface area contributed by atoms with Gasteiger partial charge in [0.25, 0.3) is 0 Å². The number of aryl methyl sites for hydroxylation is 1. The molecule has 0 saturated carbocycles. The van der Waals surface area contributed by atoms with Gasteiger partial charge in [-0.05, 0) is 39.8 Å². The fourth-order valence-electron chi connectivity index (χ4n) is 1.10. The van der Waals surface area contributed by atoms with Gasteiger partial charge in [-0.15, -0.1) is 0 Å². The summed E-state index contributed by atoms with van der Waals surface area (Å²) in [5.74, 6) is 5.90. The Morgan fingerprint density at radius 2 is 1.82 bits per heavy atom. The highest BCUT2D eigenvalue weighted by atomic mass is 32.2. The van der Waals surface area contributed by atoms with Crippen molar-refractivity contribution in [3.63, 3.8) is 0 Å². The van der Waals surface area contributed by atoms with Crippen LogP contribution in [-0.4, -0.2) is 10.8 Å². The maximum atomic E-state index is 11.7. The van der Waals surface area contributed by atoms with Crippen molar-refractivity contribution in [3.8, 4) is 11.8 Å². The van der Waals surface area contributed by atoms with Crippen molar-refractivity contribution in [3.05, 3.63) is 29.8 Å². The summed E-state index contributed by atoms with van der Waals surface area (Å²) in [4.78, 5) is 0.674. The van der Waals surface area contributed by atoms with E-state index in [-0.39, 0.29) is 12.0 Å². The average Bonchev–Trinajstić information content (AvgIpc) is 2.24. The Morgan fingerprint density at radius 3 is 2.35 bits per heavy atom. The monoisotopic (exact) mass is 250 g/mol. The Balaban J connectivity index is 2.50. The topological polar surface area (TPSA) is 26.3 Å². The molecule has 0 aliphatic rings. The molecular formula is C14H18O2S. The third-order valence-electron chi connectivity index (χ3n) is 1.91. The van der Waals surface area contributed by atoms with Gasteiger partial charge in [0.15, 0.2) is 11.1 Å². The molecule has 3 heteroatoms. The van der Waals surface area contributed by atoms with E-state index in [1.807, 2.05) is 52.0 Å². The zero-order valence-corrected chi connectivity index (χ0v) is 11.6. The molecular weight excluding hydrogens is 232 g/mol. The first-order valence-corrected chi connectivity index (χ1v) is 6.58. The molecule has 0 N–H and O–H groups in total. The van der Waals surface area contributed by atoms with Crippen LogP contribution in [0.15, 0.2) is 29.2 Å². The van der Waals surface area contributed by atoms with Crippen LogP contribution in [0.4, 0.5) is 0 Å². The number of hydrogen-bond acceptors (Lipinski definition) is 2. The second kappa shape index (κ2) is 6.00. The molecule has 92 valence electrons. The second-order valence-electron chi connectivity index (χ2n) is 4.86. The van der Waals surface area contributed by atoms with Crippen molar-refractivity contribution in [2.45, 2.75) is 32.6 Å². The standard InChI is InChI=1S/C14H18O2S/c1-12-6-8-13(9-7-12)17(15)16-11-5-10-14(2,3)4/h6-9H,11H2,1-4H3/t17-/m0/s1. The minimum absolute atomic E-state index is 0.0469. The van der Waals surface area contributed by atoms with Gasteiger partial charge in [0.2, 0.25) is 0 Å². The lowest BCUT2D eigenvalue weighted by Crippen LogP contribution is -2.02. The van der Waals surface area contributed by atoms with Gasteiger partial charge in [0.1, 0.15) is 6.61 Å². The molecule has 1 aromatic carbocycles. The maximum absolute atomic E-state index is 11.7. The average molecular weight is 250 g/mol. The summed E-state index contributed by atoms with van der Waals surface area (Å²) in [6.45, 7) is 8.25. The highest BCUT2D eigenvalue weighted by Crippen LogP contribution is 2.10. The SMILES string of the molecule is Cc1ccc([S@@](=O)OCC#CC(C)(C)C)cc1. The first kappa shape index (κ1) is 14.0. The van der Waals surface area contributed by atoms with Crippen LogP contribution in [0.25, 0.3) is 0 Å². The first-order valence-electron chi connectivity index (χ1n) is 5.50. The Bertz CT molecular complexity index is 444. The van der Waals surface area contributed by atoms with Crippen molar-refractivity contribution in [1.29, 1.82) is 0 Å². The summed E-state index contributed by atoms with van der Waals surface area (Å²) < 4.78 is 16.9. The summed E-state index contributed by atoms with van der Waals surface area (Å²) in [6.07, 6.45) is 0. The Kier molecular flexibility index (Phi) is 4.92. The molecule has 1 atom stereocenters. The summed E-state index contributed by atoms with van der Waals surface area (Å²) in [5.41, 5.74) is 1.09. The molecule has 0 unspecified atom stereocenters. The van der Waals surface area contributed by atoms with Gasteiger partial charge in [0, 0.05) is 5.41 Å². The molecule has 0 bridgehead atoms. The van der Waals surface area contributed by atoms with Gasteiger partial charge >= 0.3 is 0 Å². The molecule has 0 aliphatic heterocycles. The minimum atomic E-state index is -1.42. The summed E-state index contributed by atoms with van der Waals surface area (Å²) in [7, 11) is 0. The van der Waals surface area contributed by atoms with Crippen molar-refractivity contribution >= 4 is 11.1 Å². The molecule has 1 aromatic rings. The van der Waals surface area contributed by atoms with Crippen LogP contribution >= 0.6 is 0 Å². The molecule has 0 saturated heterocycles. The fraction of sp³-hybridized carbons (Fsp3) is 0.429. The van der Waals surface area contributed by atoms with E-state index in [2.05, 4.69) is 11.8 Å². The predicted octanol–water partition coefficient (Wildman–Crippen LogP) is 3.08. The van der Waals surface area contributed by atoms with Crippen molar-refractivity contribution in [1.82, 2.24) is 0 Å². The molecule has 0 spiro atoms. The number of rotatable bonds is 3. The summed E-state index contributed by atoms with van der Waals surface area (Å²) in [6, 6.07) is 7.44. The molecule has 0 fully saturated rings. The van der Waals surface area contributed by atoms with Crippen molar-refractivity contribution < 1.29 is 8.39 Å². The number of hydrogen-bond donors (Lipinski definition) is 0. The third kappa shape index (κ3) is 5.67. The minimum Gasteiger partial charge on any atom is -0.274 e.